The summed E-state index contributed by atoms with van der Waals surface area (Å²) in [5, 5.41) is 3.09. The molecule has 0 spiro atoms. The van der Waals surface area contributed by atoms with Gasteiger partial charge in [0.15, 0.2) is 0 Å². The minimum Gasteiger partial charge on any atom is -0.348 e. The molecular formula is C27H33N3O. The van der Waals surface area contributed by atoms with Gasteiger partial charge in [0.05, 0.1) is 0 Å². The Labute approximate surface area is 186 Å². The molecule has 1 aliphatic carbocycles. The number of nitrogens with one attached hydrogen (secondary N) is 1. The number of pyridine rings is 1. The monoisotopic (exact) mass is 415 g/mol. The summed E-state index contributed by atoms with van der Waals surface area (Å²) in [5.74, 6) is 0.429. The second-order valence-electron chi connectivity index (χ2n) is 8.72. The van der Waals surface area contributed by atoms with Crippen molar-refractivity contribution in [2.75, 3.05) is 13.1 Å². The topological polar surface area (TPSA) is 68.0 Å². The van der Waals surface area contributed by atoms with Crippen molar-refractivity contribution in [3.05, 3.63) is 88.3 Å². The van der Waals surface area contributed by atoms with Crippen LogP contribution >= 0.6 is 0 Å². The van der Waals surface area contributed by atoms with Crippen LogP contribution in [-0.4, -0.2) is 24.0 Å². The fourth-order valence-electron chi connectivity index (χ4n) is 3.90. The third-order valence-electron chi connectivity index (χ3n) is 5.39. The molecule has 1 amide bonds. The van der Waals surface area contributed by atoms with Gasteiger partial charge in [0, 0.05) is 36.1 Å². The van der Waals surface area contributed by atoms with Crippen molar-refractivity contribution in [2.24, 2.45) is 11.7 Å². The fraction of sp³-hybridized carbons (Fsp3) is 0.333. The highest BCUT2D eigenvalue weighted by Gasteiger charge is 2.13. The summed E-state index contributed by atoms with van der Waals surface area (Å²) < 4.78 is 0. The van der Waals surface area contributed by atoms with Crippen molar-refractivity contribution in [3.8, 4) is 11.1 Å². The number of amides is 1. The largest absolute Gasteiger partial charge is 0.348 e. The van der Waals surface area contributed by atoms with Crippen molar-refractivity contribution >= 4 is 5.91 Å². The van der Waals surface area contributed by atoms with Crippen molar-refractivity contribution in [3.63, 3.8) is 0 Å². The first-order valence-electron chi connectivity index (χ1n) is 11.0. The molecule has 1 heterocycles. The maximum Gasteiger partial charge on any atom is 0.251 e. The van der Waals surface area contributed by atoms with Crippen LogP contribution in [0.1, 0.15) is 48.8 Å². The zero-order valence-electron chi connectivity index (χ0n) is 19.0. The van der Waals surface area contributed by atoms with E-state index in [1.165, 1.54) is 5.57 Å². The lowest BCUT2D eigenvalue weighted by atomic mass is 9.95. The molecule has 0 aliphatic heterocycles. The summed E-state index contributed by atoms with van der Waals surface area (Å²) in [5.41, 5.74) is 14.2. The van der Waals surface area contributed by atoms with E-state index in [1.54, 1.807) is 0 Å². The van der Waals surface area contributed by atoms with Crippen LogP contribution in [0.25, 0.3) is 11.1 Å². The molecule has 0 saturated heterocycles. The van der Waals surface area contributed by atoms with Crippen LogP contribution in [0.15, 0.2) is 71.5 Å². The summed E-state index contributed by atoms with van der Waals surface area (Å²) >= 11 is 0. The number of aryl methyl sites for hydroxylation is 1. The van der Waals surface area contributed by atoms with E-state index < -0.39 is 0 Å². The summed E-state index contributed by atoms with van der Waals surface area (Å²) in [6.45, 7) is 9.42. The van der Waals surface area contributed by atoms with Gasteiger partial charge in [0.25, 0.3) is 5.91 Å². The maximum atomic E-state index is 13.0. The molecule has 0 bridgehead atoms. The maximum absolute atomic E-state index is 13.0. The van der Waals surface area contributed by atoms with Gasteiger partial charge in [-0.2, -0.15) is 0 Å². The van der Waals surface area contributed by atoms with E-state index in [-0.39, 0.29) is 5.91 Å². The molecule has 1 aromatic carbocycles. The zero-order valence-corrected chi connectivity index (χ0v) is 19.0. The normalized spacial score (nSPS) is 13.9. The molecule has 3 N–H and O–H groups in total. The highest BCUT2D eigenvalue weighted by molar-refractivity contribution is 5.96. The molecule has 3 rings (SSSR count). The number of allylic oxidation sites excluding steroid dienone is 2. The molecule has 4 nitrogen and oxygen atoms in total. The van der Waals surface area contributed by atoms with Gasteiger partial charge in [-0.3, -0.25) is 9.78 Å². The Balaban J connectivity index is 1.86. The molecule has 1 aromatic heterocycles. The summed E-state index contributed by atoms with van der Waals surface area (Å²) in [4.78, 5) is 17.6. The first kappa shape index (κ1) is 22.7. The third kappa shape index (κ3) is 6.02. The Morgan fingerprint density at radius 1 is 1.19 bits per heavy atom. The van der Waals surface area contributed by atoms with Crippen LogP contribution in [0.3, 0.4) is 0 Å². The number of benzene rings is 1. The standard InChI is InChI=1S/C27H33N3O/c1-18(2)11-26-25(9-6-10-29-26)22-13-20(4)14-23(15-22)27(31)30-17-24-12-19(3)7-5-8-21(24)16-28/h5-6,8-10,12-15,18H,7,11,16-17,28H2,1-4H3,(H,30,31). The average Bonchev–Trinajstić information content (AvgIpc) is 2.92. The smallest absolute Gasteiger partial charge is 0.251 e. The van der Waals surface area contributed by atoms with Crippen LogP contribution in [0.2, 0.25) is 0 Å². The predicted octanol–water partition coefficient (Wildman–Crippen LogP) is 5.15. The Morgan fingerprint density at radius 2 is 2.00 bits per heavy atom. The number of carbonyl (C=O) groups is 1. The van der Waals surface area contributed by atoms with Gasteiger partial charge in [0.2, 0.25) is 0 Å². The number of carbonyl (C=O) groups excluding carboxylic acids is 1. The molecular weight excluding hydrogens is 382 g/mol. The lowest BCUT2D eigenvalue weighted by Crippen LogP contribution is -2.26. The molecule has 31 heavy (non-hydrogen) atoms. The van der Waals surface area contributed by atoms with Crippen LogP contribution in [0, 0.1) is 12.8 Å². The molecule has 0 fully saturated rings. The van der Waals surface area contributed by atoms with E-state index in [0.29, 0.717) is 24.6 Å². The third-order valence-corrected chi connectivity index (χ3v) is 5.39. The van der Waals surface area contributed by atoms with Crippen LogP contribution in [0.5, 0.6) is 0 Å². The number of hydrogen-bond acceptors (Lipinski definition) is 3. The highest BCUT2D eigenvalue weighted by Crippen LogP contribution is 2.26. The Hall–Kier alpha value is -2.98. The minimum atomic E-state index is -0.0811. The number of hydrogen-bond donors (Lipinski definition) is 2. The van der Waals surface area contributed by atoms with Gasteiger partial charge in [-0.05, 0) is 73.1 Å². The van der Waals surface area contributed by atoms with E-state index in [2.05, 4.69) is 61.4 Å². The molecule has 2 aromatic rings. The lowest BCUT2D eigenvalue weighted by molar-refractivity contribution is 0.0957. The fourth-order valence-corrected chi connectivity index (χ4v) is 3.90. The van der Waals surface area contributed by atoms with Gasteiger partial charge in [-0.15, -0.1) is 0 Å². The number of aromatic nitrogens is 1. The lowest BCUT2D eigenvalue weighted by Gasteiger charge is -2.14. The number of rotatable bonds is 7. The first-order chi connectivity index (χ1) is 14.9. The molecule has 4 heteroatoms. The molecule has 0 saturated carbocycles. The Bertz CT molecular complexity index is 1040. The van der Waals surface area contributed by atoms with Gasteiger partial charge in [-0.25, -0.2) is 0 Å². The summed E-state index contributed by atoms with van der Waals surface area (Å²) in [7, 11) is 0. The minimum absolute atomic E-state index is 0.0811. The Morgan fingerprint density at radius 3 is 2.74 bits per heavy atom. The van der Waals surface area contributed by atoms with E-state index in [0.717, 1.165) is 46.4 Å². The second-order valence-corrected chi connectivity index (χ2v) is 8.72. The number of nitrogens with zero attached hydrogens (tertiary/aromatic N) is 1. The van der Waals surface area contributed by atoms with Gasteiger partial charge in [0.1, 0.15) is 0 Å². The van der Waals surface area contributed by atoms with E-state index in [9.17, 15) is 4.79 Å². The molecule has 0 atom stereocenters. The average molecular weight is 416 g/mol. The summed E-state index contributed by atoms with van der Waals surface area (Å²) in [6, 6.07) is 10.1. The van der Waals surface area contributed by atoms with Crippen molar-refractivity contribution in [1.29, 1.82) is 0 Å². The van der Waals surface area contributed by atoms with E-state index >= 15 is 0 Å². The molecule has 162 valence electrons. The van der Waals surface area contributed by atoms with Crippen molar-refractivity contribution < 1.29 is 4.79 Å². The first-order valence-corrected chi connectivity index (χ1v) is 11.0. The van der Waals surface area contributed by atoms with Crippen LogP contribution in [-0.2, 0) is 6.42 Å². The van der Waals surface area contributed by atoms with Crippen LogP contribution in [0.4, 0.5) is 0 Å². The summed E-state index contributed by atoms with van der Waals surface area (Å²) in [6.07, 6.45) is 9.98. The van der Waals surface area contributed by atoms with E-state index in [1.807, 2.05) is 31.3 Å². The quantitative estimate of drug-likeness (QED) is 0.657. The van der Waals surface area contributed by atoms with Gasteiger partial charge >= 0.3 is 0 Å². The predicted molar refractivity (Wildman–Crippen MR) is 129 cm³/mol. The molecule has 1 aliphatic rings. The second kappa shape index (κ2) is 10.4. The number of nitrogens with two attached hydrogens (primary N) is 1. The SMILES string of the molecule is CC1=CC(CNC(=O)c2cc(C)cc(-c3cccnc3CC(C)C)c2)=C(CN)C=CC1. The van der Waals surface area contributed by atoms with Gasteiger partial charge in [-0.1, -0.05) is 49.8 Å². The van der Waals surface area contributed by atoms with Gasteiger partial charge < -0.3 is 11.1 Å². The van der Waals surface area contributed by atoms with Crippen LogP contribution < -0.4 is 11.1 Å². The Kier molecular flexibility index (Phi) is 7.59. The molecule has 0 unspecified atom stereocenters. The highest BCUT2D eigenvalue weighted by atomic mass is 16.1. The van der Waals surface area contributed by atoms with E-state index in [4.69, 9.17) is 5.73 Å². The van der Waals surface area contributed by atoms with Crippen molar-refractivity contribution in [2.45, 2.75) is 40.5 Å². The molecule has 0 radical (unpaired) electrons. The zero-order chi connectivity index (χ0) is 22.4. The van der Waals surface area contributed by atoms with Crippen molar-refractivity contribution in [1.82, 2.24) is 10.3 Å².